The lowest BCUT2D eigenvalue weighted by molar-refractivity contribution is -0.133. The van der Waals surface area contributed by atoms with E-state index in [0.717, 1.165) is 48.6 Å². The maximum atomic E-state index is 13.9. The molecule has 2 aliphatic heterocycles. The highest BCUT2D eigenvalue weighted by Gasteiger charge is 2.41. The molecule has 2 N–H and O–H groups in total. The van der Waals surface area contributed by atoms with Crippen molar-refractivity contribution >= 4 is 11.7 Å². The molecular weight excluding hydrogens is 426 g/mol. The number of carbonyl (C=O) groups excluding carboxylic acids is 1. The Morgan fingerprint density at radius 2 is 1.97 bits per heavy atom. The number of amides is 1. The van der Waals surface area contributed by atoms with Crippen LogP contribution in [-0.2, 0) is 4.79 Å². The predicted octanol–water partition coefficient (Wildman–Crippen LogP) is 3.29. The number of anilines is 1. The first-order valence-electron chi connectivity index (χ1n) is 12.6. The molecule has 0 unspecified atom stereocenters. The number of nitrogens with zero attached hydrogens (tertiary/aromatic N) is 4. The van der Waals surface area contributed by atoms with Crippen molar-refractivity contribution in [2.45, 2.75) is 76.5 Å². The van der Waals surface area contributed by atoms with Crippen LogP contribution in [0.5, 0.6) is 0 Å². The number of hydrogen-bond donors (Lipinski definition) is 2. The van der Waals surface area contributed by atoms with Crippen LogP contribution in [0.15, 0.2) is 30.6 Å². The molecule has 0 radical (unpaired) electrons. The smallest absolute Gasteiger partial charge is 0.231 e. The highest BCUT2D eigenvalue weighted by molar-refractivity contribution is 5.85. The Morgan fingerprint density at radius 3 is 2.65 bits per heavy atom. The molecule has 1 amide bonds. The average Bonchev–Trinajstić information content (AvgIpc) is 3.32. The Hall–Kier alpha value is -2.51. The summed E-state index contributed by atoms with van der Waals surface area (Å²) in [7, 11) is 0. The van der Waals surface area contributed by atoms with Crippen LogP contribution in [0.3, 0.4) is 0 Å². The molecule has 0 bridgehead atoms. The van der Waals surface area contributed by atoms with Crippen LogP contribution in [0.1, 0.15) is 80.4 Å². The second-order valence-electron chi connectivity index (χ2n) is 11.0. The minimum Gasteiger partial charge on any atom is -0.387 e. The van der Waals surface area contributed by atoms with E-state index < -0.39 is 6.10 Å². The van der Waals surface area contributed by atoms with Crippen molar-refractivity contribution in [2.24, 2.45) is 0 Å². The summed E-state index contributed by atoms with van der Waals surface area (Å²) >= 11 is 0. The van der Waals surface area contributed by atoms with Gasteiger partial charge in [-0.15, -0.1) is 0 Å². The molecule has 2 saturated heterocycles. The average molecular weight is 464 g/mol. The normalized spacial score (nSPS) is 27.0. The molecule has 4 atom stereocenters. The lowest BCUT2D eigenvalue weighted by Gasteiger charge is -2.39. The monoisotopic (exact) mass is 463 g/mol. The van der Waals surface area contributed by atoms with Crippen LogP contribution in [0, 0.1) is 6.92 Å². The van der Waals surface area contributed by atoms with E-state index in [0.29, 0.717) is 19.5 Å². The second-order valence-corrected chi connectivity index (χ2v) is 11.0. The number of aliphatic hydroxyl groups is 1. The van der Waals surface area contributed by atoms with Crippen LogP contribution >= 0.6 is 0 Å². The molecule has 182 valence electrons. The van der Waals surface area contributed by atoms with Crippen molar-refractivity contribution in [3.63, 3.8) is 0 Å². The van der Waals surface area contributed by atoms with Gasteiger partial charge in [-0.2, -0.15) is 0 Å². The molecular formula is C27H37N5O2. The maximum Gasteiger partial charge on any atom is 0.231 e. The number of rotatable bonds is 4. The third kappa shape index (κ3) is 4.31. The Labute approximate surface area is 202 Å². The zero-order chi connectivity index (χ0) is 24.0. The molecule has 7 nitrogen and oxygen atoms in total. The number of benzene rings is 1. The number of aryl methyl sites for hydroxylation is 1. The quantitative estimate of drug-likeness (QED) is 0.724. The van der Waals surface area contributed by atoms with Gasteiger partial charge >= 0.3 is 0 Å². The summed E-state index contributed by atoms with van der Waals surface area (Å²) in [4.78, 5) is 27.2. The number of aromatic nitrogens is 2. The van der Waals surface area contributed by atoms with Gasteiger partial charge in [0.2, 0.25) is 5.91 Å². The molecule has 2 aromatic rings. The Balaban J connectivity index is 1.34. The standard InChI is InChI=1S/C27H37N5O2/c1-17-6-5-7-19(14-17)23(20-8-9-27(3,4)30-20)26(34)32-12-10-31(11-13-32)25-22-18(2)15-21(33)24(22)28-16-29-25/h5-7,14,16,18,20-21,23,30,33H,8-13,15H2,1-4H3/t18-,20+,21-,23+/m1/s1. The van der Waals surface area contributed by atoms with Crippen molar-refractivity contribution in [3.8, 4) is 0 Å². The van der Waals surface area contributed by atoms with Crippen molar-refractivity contribution in [3.05, 3.63) is 53.0 Å². The van der Waals surface area contributed by atoms with Gasteiger partial charge in [0.05, 0.1) is 17.7 Å². The maximum absolute atomic E-state index is 13.9. The molecule has 1 aromatic carbocycles. The Bertz CT molecular complexity index is 1060. The summed E-state index contributed by atoms with van der Waals surface area (Å²) in [5.41, 5.74) is 4.20. The summed E-state index contributed by atoms with van der Waals surface area (Å²) in [6, 6.07) is 8.58. The van der Waals surface area contributed by atoms with Crippen molar-refractivity contribution in [1.82, 2.24) is 20.2 Å². The number of carbonyl (C=O) groups is 1. The van der Waals surface area contributed by atoms with E-state index >= 15 is 0 Å². The van der Waals surface area contributed by atoms with Crippen LogP contribution in [0.2, 0.25) is 0 Å². The number of hydrogen-bond acceptors (Lipinski definition) is 6. The van der Waals surface area contributed by atoms with Crippen LogP contribution < -0.4 is 10.2 Å². The van der Waals surface area contributed by atoms with Gasteiger partial charge in [-0.05, 0) is 51.5 Å². The zero-order valence-corrected chi connectivity index (χ0v) is 20.8. The lowest BCUT2D eigenvalue weighted by Crippen LogP contribution is -2.53. The Morgan fingerprint density at radius 1 is 1.21 bits per heavy atom. The van der Waals surface area contributed by atoms with E-state index in [2.05, 4.69) is 72.1 Å². The molecule has 0 saturated carbocycles. The molecule has 3 heterocycles. The molecule has 34 heavy (non-hydrogen) atoms. The summed E-state index contributed by atoms with van der Waals surface area (Å²) in [6.07, 6.45) is 3.83. The molecule has 7 heteroatoms. The first kappa shape index (κ1) is 23.2. The van der Waals surface area contributed by atoms with Gasteiger partial charge in [-0.1, -0.05) is 36.8 Å². The van der Waals surface area contributed by atoms with Crippen molar-refractivity contribution in [2.75, 3.05) is 31.1 Å². The third-order valence-corrected chi connectivity index (χ3v) is 7.90. The Kier molecular flexibility index (Phi) is 6.10. The molecule has 3 aliphatic rings. The van der Waals surface area contributed by atoms with Gasteiger partial charge in [-0.25, -0.2) is 9.97 Å². The van der Waals surface area contributed by atoms with E-state index in [4.69, 9.17) is 0 Å². The van der Waals surface area contributed by atoms with Crippen molar-refractivity contribution in [1.29, 1.82) is 0 Å². The second kappa shape index (κ2) is 8.93. The molecule has 2 fully saturated rings. The van der Waals surface area contributed by atoms with Gasteiger partial charge in [0.25, 0.3) is 0 Å². The first-order chi connectivity index (χ1) is 16.2. The van der Waals surface area contributed by atoms with Crippen LogP contribution in [-0.4, -0.2) is 63.6 Å². The molecule has 1 aromatic heterocycles. The summed E-state index contributed by atoms with van der Waals surface area (Å²) in [5.74, 6) is 1.21. The van der Waals surface area contributed by atoms with Gasteiger partial charge < -0.3 is 20.2 Å². The minimum absolute atomic E-state index is 0.0559. The predicted molar refractivity (Wildman–Crippen MR) is 133 cm³/mol. The highest BCUT2D eigenvalue weighted by Crippen LogP contribution is 2.43. The third-order valence-electron chi connectivity index (χ3n) is 7.90. The van der Waals surface area contributed by atoms with E-state index in [1.807, 2.05) is 4.90 Å². The van der Waals surface area contributed by atoms with E-state index in [9.17, 15) is 9.90 Å². The molecule has 1 aliphatic carbocycles. The van der Waals surface area contributed by atoms with Gasteiger partial charge in [0.15, 0.2) is 0 Å². The molecule has 5 rings (SSSR count). The largest absolute Gasteiger partial charge is 0.387 e. The fourth-order valence-corrected chi connectivity index (χ4v) is 6.11. The summed E-state index contributed by atoms with van der Waals surface area (Å²) in [6.45, 7) is 11.5. The van der Waals surface area contributed by atoms with Gasteiger partial charge in [-0.3, -0.25) is 4.79 Å². The number of nitrogens with one attached hydrogen (secondary N) is 1. The van der Waals surface area contributed by atoms with Crippen molar-refractivity contribution < 1.29 is 9.90 Å². The van der Waals surface area contributed by atoms with E-state index in [-0.39, 0.29) is 29.3 Å². The highest BCUT2D eigenvalue weighted by atomic mass is 16.3. The van der Waals surface area contributed by atoms with E-state index in [1.165, 1.54) is 5.56 Å². The summed E-state index contributed by atoms with van der Waals surface area (Å²) < 4.78 is 0. The fourth-order valence-electron chi connectivity index (χ4n) is 6.11. The SMILES string of the molecule is Cc1cccc([C@H](C(=O)N2CCN(c3ncnc4c3[C@H](C)C[C@H]4O)CC2)[C@@H]2CCC(C)(C)N2)c1. The first-order valence-corrected chi connectivity index (χ1v) is 12.6. The fraction of sp³-hybridized carbons (Fsp3) is 0.593. The topological polar surface area (TPSA) is 81.6 Å². The van der Waals surface area contributed by atoms with Crippen LogP contribution in [0.25, 0.3) is 0 Å². The van der Waals surface area contributed by atoms with Crippen LogP contribution in [0.4, 0.5) is 5.82 Å². The number of piperazine rings is 1. The minimum atomic E-state index is -0.507. The summed E-state index contributed by atoms with van der Waals surface area (Å²) in [5, 5.41) is 14.1. The molecule has 0 spiro atoms. The zero-order valence-electron chi connectivity index (χ0n) is 20.8. The number of aliphatic hydroxyl groups excluding tert-OH is 1. The van der Waals surface area contributed by atoms with E-state index in [1.54, 1.807) is 6.33 Å². The van der Waals surface area contributed by atoms with Gasteiger partial charge in [0.1, 0.15) is 12.1 Å². The number of fused-ring (bicyclic) bond motifs is 1. The lowest BCUT2D eigenvalue weighted by atomic mass is 9.88. The van der Waals surface area contributed by atoms with Gasteiger partial charge in [0, 0.05) is 43.3 Å².